The van der Waals surface area contributed by atoms with Crippen molar-refractivity contribution in [2.24, 2.45) is 5.92 Å². The molecule has 14 heteroatoms. The molecular weight excluding hydrogens is 681 g/mol. The maximum absolute atomic E-state index is 15.5. The minimum atomic E-state index is -4.63. The second-order valence-electron chi connectivity index (χ2n) is 9.17. The van der Waals surface area contributed by atoms with Crippen LogP contribution in [-0.4, -0.2) is 37.6 Å². The van der Waals surface area contributed by atoms with Gasteiger partial charge in [-0.05, 0) is 96.2 Å². The fraction of sp³-hybridized carbons (Fsp3) is 0.308. The Labute approximate surface area is 248 Å². The van der Waals surface area contributed by atoms with Gasteiger partial charge in [-0.25, -0.2) is 27.4 Å². The lowest BCUT2D eigenvalue weighted by molar-refractivity contribution is 0.0270. The lowest BCUT2D eigenvalue weighted by atomic mass is 10.1. The van der Waals surface area contributed by atoms with Crippen molar-refractivity contribution in [2.75, 3.05) is 18.5 Å². The largest absolute Gasteiger partial charge is 0.396 e. The van der Waals surface area contributed by atoms with Crippen LogP contribution in [0.15, 0.2) is 47.5 Å². The number of hydrogen-bond acceptors (Lipinski definition) is 7. The highest BCUT2D eigenvalue weighted by Crippen LogP contribution is 2.34. The van der Waals surface area contributed by atoms with E-state index in [1.807, 2.05) is 22.6 Å². The second kappa shape index (κ2) is 13.5. The summed E-state index contributed by atoms with van der Waals surface area (Å²) in [5.41, 5.74) is 2.42. The smallest absolute Gasteiger partial charge is 0.277 e. The number of pyridine rings is 1. The van der Waals surface area contributed by atoms with Crippen molar-refractivity contribution in [3.8, 4) is 0 Å². The van der Waals surface area contributed by atoms with Crippen LogP contribution in [0.1, 0.15) is 40.9 Å². The van der Waals surface area contributed by atoms with E-state index in [4.69, 9.17) is 21.5 Å². The van der Waals surface area contributed by atoms with Crippen LogP contribution in [0.2, 0.25) is 5.02 Å². The monoisotopic (exact) mass is 706 g/mol. The molecule has 4 rings (SSSR count). The predicted molar refractivity (Wildman–Crippen MR) is 154 cm³/mol. The normalized spacial score (nSPS) is 13.3. The van der Waals surface area contributed by atoms with Crippen molar-refractivity contribution >= 4 is 61.5 Å². The zero-order valence-electron chi connectivity index (χ0n) is 21.0. The maximum Gasteiger partial charge on any atom is 0.277 e. The second-order valence-corrected chi connectivity index (χ2v) is 12.6. The molecule has 9 nitrogen and oxygen atoms in total. The number of carbonyl (C=O) groups is 1. The summed E-state index contributed by atoms with van der Waals surface area (Å²) in [5, 5.41) is 11.8. The summed E-state index contributed by atoms with van der Waals surface area (Å²) in [6.07, 6.45) is 4.35. The van der Waals surface area contributed by atoms with Gasteiger partial charge in [-0.15, -0.1) is 0 Å². The minimum absolute atomic E-state index is 0.0223. The lowest BCUT2D eigenvalue weighted by Gasteiger charge is -2.17. The fourth-order valence-electron chi connectivity index (χ4n) is 3.68. The number of nitrogens with zero attached hydrogens (tertiary/aromatic N) is 1. The third kappa shape index (κ3) is 7.85. The SMILES string of the molecule is O=C(NOCC1CC1)c1cc(S(=O)(=O)NCc2ccnc(CCCO)c2)c(F)c(F)c1Nc1ccc(I)cc1Cl. The molecule has 0 radical (unpaired) electrons. The van der Waals surface area contributed by atoms with Crippen LogP contribution in [0.5, 0.6) is 0 Å². The Morgan fingerprint density at radius 3 is 2.65 bits per heavy atom. The first-order valence-corrected chi connectivity index (χ1v) is 15.2. The minimum Gasteiger partial charge on any atom is -0.396 e. The molecule has 1 amide bonds. The summed E-state index contributed by atoms with van der Waals surface area (Å²) in [6, 6.07) is 8.72. The van der Waals surface area contributed by atoms with E-state index < -0.39 is 43.7 Å². The van der Waals surface area contributed by atoms with E-state index in [-0.39, 0.29) is 30.5 Å². The topological polar surface area (TPSA) is 130 Å². The van der Waals surface area contributed by atoms with Crippen molar-refractivity contribution in [3.63, 3.8) is 0 Å². The molecule has 0 aliphatic heterocycles. The van der Waals surface area contributed by atoms with Crippen molar-refractivity contribution in [3.05, 3.63) is 79.6 Å². The molecule has 1 heterocycles. The molecule has 0 bridgehead atoms. The first kappa shape index (κ1) is 30.5. The number of halogens is 4. The first-order valence-electron chi connectivity index (χ1n) is 12.3. The molecular formula is C26H26ClF2IN4O5S. The van der Waals surface area contributed by atoms with Gasteiger partial charge in [0.15, 0.2) is 11.6 Å². The number of anilines is 2. The Hall–Kier alpha value is -2.43. The number of aromatic nitrogens is 1. The highest BCUT2D eigenvalue weighted by atomic mass is 127. The van der Waals surface area contributed by atoms with E-state index in [9.17, 15) is 13.2 Å². The van der Waals surface area contributed by atoms with E-state index in [0.29, 0.717) is 30.0 Å². The van der Waals surface area contributed by atoms with Crippen LogP contribution >= 0.6 is 34.2 Å². The van der Waals surface area contributed by atoms with Gasteiger partial charge in [-0.1, -0.05) is 11.6 Å². The number of aliphatic hydroxyl groups is 1. The summed E-state index contributed by atoms with van der Waals surface area (Å²) >= 11 is 8.27. The van der Waals surface area contributed by atoms with Crippen LogP contribution in [-0.2, 0) is 27.8 Å². The van der Waals surface area contributed by atoms with Gasteiger partial charge in [0.05, 0.1) is 28.6 Å². The Bertz CT molecular complexity index is 1510. The molecule has 1 aliphatic rings. The van der Waals surface area contributed by atoms with Crippen LogP contribution in [0.4, 0.5) is 20.2 Å². The average molecular weight is 707 g/mol. The number of sulfonamides is 1. The van der Waals surface area contributed by atoms with E-state index >= 15 is 8.78 Å². The summed E-state index contributed by atoms with van der Waals surface area (Å²) in [6.45, 7) is -0.0338. The quantitative estimate of drug-likeness (QED) is 0.148. The van der Waals surface area contributed by atoms with Gasteiger partial charge in [0, 0.05) is 28.6 Å². The number of hydroxylamine groups is 1. The molecule has 40 heavy (non-hydrogen) atoms. The van der Waals surface area contributed by atoms with Crippen LogP contribution in [0.3, 0.4) is 0 Å². The van der Waals surface area contributed by atoms with Gasteiger partial charge in [0.25, 0.3) is 5.91 Å². The average Bonchev–Trinajstić information content (AvgIpc) is 3.75. The molecule has 0 spiro atoms. The van der Waals surface area contributed by atoms with Crippen LogP contribution in [0.25, 0.3) is 0 Å². The van der Waals surface area contributed by atoms with E-state index in [2.05, 4.69) is 20.5 Å². The predicted octanol–water partition coefficient (Wildman–Crippen LogP) is 4.84. The molecule has 214 valence electrons. The lowest BCUT2D eigenvalue weighted by Crippen LogP contribution is -2.28. The Morgan fingerprint density at radius 2 is 1.95 bits per heavy atom. The molecule has 0 unspecified atom stereocenters. The highest BCUT2D eigenvalue weighted by Gasteiger charge is 2.30. The number of amides is 1. The third-order valence-corrected chi connectivity index (χ3v) is 8.40. The van der Waals surface area contributed by atoms with Crippen molar-refractivity contribution in [1.82, 2.24) is 15.2 Å². The standard InChI is InChI=1S/C26H26ClF2IN4O5S/c27-20-11-17(30)5-6-21(20)33-25-19(26(36)34-39-14-15-3-4-15)12-22(23(28)24(25)29)40(37,38)32-13-16-7-8-31-18(10-16)2-1-9-35/h5-8,10-12,15,32-33,35H,1-4,9,13-14H2,(H,34,36). The maximum atomic E-state index is 15.5. The number of hydrogen-bond donors (Lipinski definition) is 4. The Kier molecular flexibility index (Phi) is 10.3. The number of benzene rings is 2. The Balaban J connectivity index is 1.65. The van der Waals surface area contributed by atoms with Gasteiger partial charge in [-0.2, -0.15) is 0 Å². The van der Waals surface area contributed by atoms with Gasteiger partial charge < -0.3 is 10.4 Å². The van der Waals surface area contributed by atoms with Gasteiger partial charge in [0.1, 0.15) is 4.90 Å². The van der Waals surface area contributed by atoms with Crippen molar-refractivity contribution < 1.29 is 31.9 Å². The van der Waals surface area contributed by atoms with Crippen molar-refractivity contribution in [1.29, 1.82) is 0 Å². The van der Waals surface area contributed by atoms with Crippen LogP contribution < -0.4 is 15.5 Å². The zero-order chi connectivity index (χ0) is 28.9. The number of aliphatic hydroxyl groups excluding tert-OH is 1. The molecule has 0 atom stereocenters. The van der Waals surface area contributed by atoms with Gasteiger partial charge in [0.2, 0.25) is 10.0 Å². The zero-order valence-corrected chi connectivity index (χ0v) is 24.7. The van der Waals surface area contributed by atoms with E-state index in [1.165, 1.54) is 12.3 Å². The first-order chi connectivity index (χ1) is 19.1. The molecule has 1 fully saturated rings. The van der Waals surface area contributed by atoms with Gasteiger partial charge in [-0.3, -0.25) is 14.6 Å². The fourth-order valence-corrected chi connectivity index (χ4v) is 5.69. The molecule has 1 aliphatic carbocycles. The molecule has 3 aromatic rings. The number of nitrogens with one attached hydrogen (secondary N) is 3. The molecule has 2 aromatic carbocycles. The molecule has 1 saturated carbocycles. The van der Waals surface area contributed by atoms with E-state index in [0.717, 1.165) is 22.5 Å². The number of carbonyl (C=O) groups excluding carboxylic acids is 1. The summed E-state index contributed by atoms with van der Waals surface area (Å²) in [4.78, 5) is 21.3. The number of rotatable bonds is 13. The third-order valence-electron chi connectivity index (χ3n) is 6.02. The summed E-state index contributed by atoms with van der Waals surface area (Å²) < 4.78 is 60.0. The van der Waals surface area contributed by atoms with Gasteiger partial charge >= 0.3 is 0 Å². The van der Waals surface area contributed by atoms with Crippen molar-refractivity contribution in [2.45, 2.75) is 37.1 Å². The molecule has 4 N–H and O–H groups in total. The Morgan fingerprint density at radius 1 is 1.18 bits per heavy atom. The van der Waals surface area contributed by atoms with Crippen LogP contribution in [0, 0.1) is 21.1 Å². The molecule has 1 aromatic heterocycles. The summed E-state index contributed by atoms with van der Waals surface area (Å²) in [7, 11) is -4.63. The number of aryl methyl sites for hydroxylation is 1. The van der Waals surface area contributed by atoms with E-state index in [1.54, 1.807) is 24.3 Å². The molecule has 0 saturated heterocycles. The summed E-state index contributed by atoms with van der Waals surface area (Å²) in [5.74, 6) is -3.93. The highest BCUT2D eigenvalue weighted by molar-refractivity contribution is 14.1.